The Morgan fingerprint density at radius 2 is 2.05 bits per heavy atom. The topological polar surface area (TPSA) is 49.9 Å². The number of benzene rings is 1. The van der Waals surface area contributed by atoms with E-state index in [0.29, 0.717) is 26.1 Å². The smallest absolute Gasteiger partial charge is 0.410 e. The monoisotopic (exact) mass is 290 g/mol. The van der Waals surface area contributed by atoms with Crippen LogP contribution in [-0.2, 0) is 16.1 Å². The summed E-state index contributed by atoms with van der Waals surface area (Å²) < 4.78 is 4.76. The molecule has 1 atom stereocenters. The van der Waals surface area contributed by atoms with Crippen LogP contribution in [0.5, 0.6) is 0 Å². The van der Waals surface area contributed by atoms with E-state index in [1.165, 1.54) is 12.0 Å². The van der Waals surface area contributed by atoms with Crippen molar-refractivity contribution in [3.63, 3.8) is 0 Å². The Morgan fingerprint density at radius 1 is 1.33 bits per heavy atom. The zero-order chi connectivity index (χ0) is 15.2. The highest BCUT2D eigenvalue weighted by Gasteiger charge is 2.36. The SMILES string of the molecule is CCN(Cc1ccccc1)C(=O)C1CCCN1C(=O)OC. The van der Waals surface area contributed by atoms with E-state index in [1.54, 1.807) is 4.90 Å². The Labute approximate surface area is 125 Å². The molecule has 1 aromatic rings. The van der Waals surface area contributed by atoms with Crippen LogP contribution in [0.25, 0.3) is 0 Å². The van der Waals surface area contributed by atoms with Crippen molar-refractivity contribution in [3.8, 4) is 0 Å². The first-order valence-electron chi connectivity index (χ1n) is 7.34. The molecule has 0 aromatic heterocycles. The number of likely N-dealkylation sites (N-methyl/N-ethyl adjacent to an activating group) is 1. The van der Waals surface area contributed by atoms with Crippen molar-refractivity contribution in [2.75, 3.05) is 20.2 Å². The van der Waals surface area contributed by atoms with Gasteiger partial charge in [-0.05, 0) is 25.3 Å². The molecule has 5 heteroatoms. The third-order valence-electron chi connectivity index (χ3n) is 3.86. The molecule has 0 N–H and O–H groups in total. The van der Waals surface area contributed by atoms with Gasteiger partial charge in [-0.2, -0.15) is 0 Å². The number of hydrogen-bond acceptors (Lipinski definition) is 3. The van der Waals surface area contributed by atoms with Gasteiger partial charge >= 0.3 is 6.09 Å². The highest BCUT2D eigenvalue weighted by Crippen LogP contribution is 2.21. The summed E-state index contributed by atoms with van der Waals surface area (Å²) in [5.41, 5.74) is 1.09. The van der Waals surface area contributed by atoms with Gasteiger partial charge < -0.3 is 9.64 Å². The van der Waals surface area contributed by atoms with Gasteiger partial charge in [-0.25, -0.2) is 4.79 Å². The summed E-state index contributed by atoms with van der Waals surface area (Å²) >= 11 is 0. The van der Waals surface area contributed by atoms with Gasteiger partial charge in [-0.3, -0.25) is 9.69 Å². The Morgan fingerprint density at radius 3 is 2.67 bits per heavy atom. The summed E-state index contributed by atoms with van der Waals surface area (Å²) in [7, 11) is 1.35. The normalized spacial score (nSPS) is 17.6. The molecule has 1 saturated heterocycles. The van der Waals surface area contributed by atoms with Gasteiger partial charge in [0.05, 0.1) is 7.11 Å². The zero-order valence-electron chi connectivity index (χ0n) is 12.6. The van der Waals surface area contributed by atoms with Crippen LogP contribution in [0.4, 0.5) is 4.79 Å². The summed E-state index contributed by atoms with van der Waals surface area (Å²) in [6, 6.07) is 9.50. The number of rotatable bonds is 4. The standard InChI is InChI=1S/C16H22N2O3/c1-3-17(12-13-8-5-4-6-9-13)15(19)14-10-7-11-18(14)16(20)21-2/h4-6,8-9,14H,3,7,10-12H2,1-2H3. The van der Waals surface area contributed by atoms with E-state index in [-0.39, 0.29) is 11.9 Å². The lowest BCUT2D eigenvalue weighted by Gasteiger charge is -2.29. The zero-order valence-corrected chi connectivity index (χ0v) is 12.6. The highest BCUT2D eigenvalue weighted by molar-refractivity contribution is 5.86. The molecule has 1 aliphatic rings. The summed E-state index contributed by atoms with van der Waals surface area (Å²) in [5.74, 6) is 0.00394. The molecule has 1 heterocycles. The van der Waals surface area contributed by atoms with Crippen LogP contribution in [0.1, 0.15) is 25.3 Å². The molecule has 21 heavy (non-hydrogen) atoms. The van der Waals surface area contributed by atoms with Gasteiger partial charge in [-0.1, -0.05) is 30.3 Å². The fourth-order valence-corrected chi connectivity index (χ4v) is 2.72. The van der Waals surface area contributed by atoms with E-state index < -0.39 is 6.09 Å². The van der Waals surface area contributed by atoms with Gasteiger partial charge in [-0.15, -0.1) is 0 Å². The van der Waals surface area contributed by atoms with Crippen molar-refractivity contribution in [2.45, 2.75) is 32.4 Å². The van der Waals surface area contributed by atoms with Gasteiger partial charge in [0.2, 0.25) is 5.91 Å². The molecular weight excluding hydrogens is 268 g/mol. The number of amides is 2. The first-order valence-corrected chi connectivity index (χ1v) is 7.34. The number of carbonyl (C=O) groups is 2. The molecule has 0 radical (unpaired) electrons. The Kier molecular flexibility index (Phi) is 5.20. The second-order valence-electron chi connectivity index (χ2n) is 5.16. The molecule has 114 valence electrons. The lowest BCUT2D eigenvalue weighted by molar-refractivity contribution is -0.135. The number of carbonyl (C=O) groups excluding carboxylic acids is 2. The van der Waals surface area contributed by atoms with E-state index in [1.807, 2.05) is 37.3 Å². The second kappa shape index (κ2) is 7.11. The minimum absolute atomic E-state index is 0.00394. The number of methoxy groups -OCH3 is 1. The van der Waals surface area contributed by atoms with Gasteiger partial charge in [0, 0.05) is 19.6 Å². The molecule has 1 aromatic carbocycles. The first kappa shape index (κ1) is 15.4. The minimum Gasteiger partial charge on any atom is -0.453 e. The molecule has 1 unspecified atom stereocenters. The van der Waals surface area contributed by atoms with E-state index in [0.717, 1.165) is 12.0 Å². The summed E-state index contributed by atoms with van der Waals surface area (Å²) in [6.45, 7) is 3.74. The van der Waals surface area contributed by atoms with Crippen LogP contribution in [0.15, 0.2) is 30.3 Å². The molecule has 0 spiro atoms. The summed E-state index contributed by atoms with van der Waals surface area (Å²) in [4.78, 5) is 27.7. The van der Waals surface area contributed by atoms with E-state index in [9.17, 15) is 9.59 Å². The maximum Gasteiger partial charge on any atom is 0.410 e. The van der Waals surface area contributed by atoms with Crippen molar-refractivity contribution in [3.05, 3.63) is 35.9 Å². The molecule has 0 bridgehead atoms. The lowest BCUT2D eigenvalue weighted by Crippen LogP contribution is -2.47. The molecule has 1 fully saturated rings. The number of likely N-dealkylation sites (tertiary alicyclic amines) is 1. The average molecular weight is 290 g/mol. The van der Waals surface area contributed by atoms with Crippen LogP contribution >= 0.6 is 0 Å². The Hall–Kier alpha value is -2.04. The molecule has 2 amide bonds. The fourth-order valence-electron chi connectivity index (χ4n) is 2.72. The Bertz CT molecular complexity index is 490. The number of hydrogen-bond donors (Lipinski definition) is 0. The van der Waals surface area contributed by atoms with Gasteiger partial charge in [0.1, 0.15) is 6.04 Å². The van der Waals surface area contributed by atoms with Crippen LogP contribution in [0.2, 0.25) is 0 Å². The largest absolute Gasteiger partial charge is 0.453 e. The average Bonchev–Trinajstić information content (AvgIpc) is 3.01. The van der Waals surface area contributed by atoms with E-state index in [4.69, 9.17) is 4.74 Å². The van der Waals surface area contributed by atoms with Crippen LogP contribution < -0.4 is 0 Å². The minimum atomic E-state index is -0.415. The third kappa shape index (κ3) is 3.54. The van der Waals surface area contributed by atoms with Crippen molar-refractivity contribution in [1.82, 2.24) is 9.80 Å². The molecule has 5 nitrogen and oxygen atoms in total. The summed E-state index contributed by atoms with van der Waals surface area (Å²) in [6.07, 6.45) is 1.13. The fraction of sp³-hybridized carbons (Fsp3) is 0.500. The Balaban J connectivity index is 2.07. The third-order valence-corrected chi connectivity index (χ3v) is 3.86. The van der Waals surface area contributed by atoms with Crippen molar-refractivity contribution >= 4 is 12.0 Å². The van der Waals surface area contributed by atoms with Crippen molar-refractivity contribution < 1.29 is 14.3 Å². The van der Waals surface area contributed by atoms with Crippen LogP contribution in [0.3, 0.4) is 0 Å². The number of nitrogens with zero attached hydrogens (tertiary/aromatic N) is 2. The maximum absolute atomic E-state index is 12.7. The maximum atomic E-state index is 12.7. The van der Waals surface area contributed by atoms with Crippen LogP contribution in [0, 0.1) is 0 Å². The van der Waals surface area contributed by atoms with Crippen molar-refractivity contribution in [2.24, 2.45) is 0 Å². The van der Waals surface area contributed by atoms with Crippen molar-refractivity contribution in [1.29, 1.82) is 0 Å². The molecule has 0 saturated carbocycles. The summed E-state index contributed by atoms with van der Waals surface area (Å²) in [5, 5.41) is 0. The van der Waals surface area contributed by atoms with E-state index >= 15 is 0 Å². The highest BCUT2D eigenvalue weighted by atomic mass is 16.5. The second-order valence-corrected chi connectivity index (χ2v) is 5.16. The molecule has 2 rings (SSSR count). The molecule has 1 aliphatic heterocycles. The lowest BCUT2D eigenvalue weighted by atomic mass is 10.1. The van der Waals surface area contributed by atoms with Crippen LogP contribution in [-0.4, -0.2) is 48.0 Å². The van der Waals surface area contributed by atoms with Gasteiger partial charge in [0.15, 0.2) is 0 Å². The van der Waals surface area contributed by atoms with Gasteiger partial charge in [0.25, 0.3) is 0 Å². The van der Waals surface area contributed by atoms with E-state index in [2.05, 4.69) is 0 Å². The molecular formula is C16H22N2O3. The number of ether oxygens (including phenoxy) is 1. The molecule has 0 aliphatic carbocycles. The predicted molar refractivity (Wildman–Crippen MR) is 79.7 cm³/mol. The quantitative estimate of drug-likeness (QED) is 0.854. The first-order chi connectivity index (χ1) is 10.2. The predicted octanol–water partition coefficient (Wildman–Crippen LogP) is 2.27.